The smallest absolute Gasteiger partial charge is 0.254 e. The van der Waals surface area contributed by atoms with Crippen LogP contribution in [-0.4, -0.2) is 72.4 Å². The first-order valence-electron chi connectivity index (χ1n) is 7.74. The summed E-state index contributed by atoms with van der Waals surface area (Å²) in [6.07, 6.45) is 0.533. The lowest BCUT2D eigenvalue weighted by Crippen LogP contribution is -2.49. The number of halogens is 2. The van der Waals surface area contributed by atoms with Gasteiger partial charge in [-0.15, -0.1) is 0 Å². The Bertz CT molecular complexity index is 595. The van der Waals surface area contributed by atoms with Crippen LogP contribution < -0.4 is 0 Å². The van der Waals surface area contributed by atoms with Gasteiger partial charge in [0, 0.05) is 31.7 Å². The van der Waals surface area contributed by atoms with E-state index in [0.29, 0.717) is 38.3 Å². The number of carbonyl (C=O) groups is 1. The summed E-state index contributed by atoms with van der Waals surface area (Å²) in [5, 5.41) is 10.7. The van der Waals surface area contributed by atoms with E-state index >= 15 is 0 Å². The van der Waals surface area contributed by atoms with Crippen LogP contribution in [0.4, 0.5) is 4.39 Å². The molecule has 0 aromatic heterocycles. The third kappa shape index (κ3) is 3.83. The molecule has 0 spiro atoms. The monoisotopic (exact) mass is 342 g/mol. The lowest BCUT2D eigenvalue weighted by atomic mass is 10.0. The summed E-state index contributed by atoms with van der Waals surface area (Å²) in [6, 6.07) is 3.94. The van der Waals surface area contributed by atoms with Crippen molar-refractivity contribution in [1.82, 2.24) is 9.80 Å². The van der Waals surface area contributed by atoms with E-state index in [1.54, 1.807) is 4.90 Å². The number of ether oxygens (including phenoxy) is 1. The molecule has 1 aromatic carbocycles. The number of hydrogen-bond donors (Lipinski definition) is 1. The van der Waals surface area contributed by atoms with Crippen molar-refractivity contribution in [2.45, 2.75) is 12.0 Å². The molecule has 0 saturated carbocycles. The fourth-order valence-electron chi connectivity index (χ4n) is 3.15. The van der Waals surface area contributed by atoms with Gasteiger partial charge in [-0.05, 0) is 24.6 Å². The highest BCUT2D eigenvalue weighted by Crippen LogP contribution is 2.25. The van der Waals surface area contributed by atoms with Gasteiger partial charge in [0.15, 0.2) is 0 Å². The molecule has 0 radical (unpaired) electrons. The van der Waals surface area contributed by atoms with E-state index in [2.05, 4.69) is 4.90 Å². The van der Waals surface area contributed by atoms with Crippen LogP contribution in [0.5, 0.6) is 0 Å². The number of morpholine rings is 1. The number of carbonyl (C=O) groups excluding carboxylic acids is 1. The van der Waals surface area contributed by atoms with Crippen molar-refractivity contribution < 1.29 is 19.0 Å². The maximum atomic E-state index is 13.2. The van der Waals surface area contributed by atoms with Gasteiger partial charge in [0.05, 0.1) is 30.4 Å². The molecule has 1 amide bonds. The van der Waals surface area contributed by atoms with Gasteiger partial charge in [-0.3, -0.25) is 9.69 Å². The standard InChI is InChI=1S/C16H20ClFN2O3/c17-13-9-12(1-2-14(13)18)15(21)20-4-3-16(22,11-20)10-19-5-7-23-8-6-19/h1-2,9,22H,3-8,10-11H2/t16-/m0/s1. The maximum Gasteiger partial charge on any atom is 0.254 e. The summed E-state index contributed by atoms with van der Waals surface area (Å²) in [7, 11) is 0. The van der Waals surface area contributed by atoms with E-state index in [1.165, 1.54) is 18.2 Å². The SMILES string of the molecule is O=C(c1ccc(F)c(Cl)c1)N1CC[C@](O)(CN2CCOCC2)C1. The van der Waals surface area contributed by atoms with E-state index in [4.69, 9.17) is 16.3 Å². The van der Waals surface area contributed by atoms with E-state index in [9.17, 15) is 14.3 Å². The van der Waals surface area contributed by atoms with Crippen LogP contribution in [0.25, 0.3) is 0 Å². The zero-order valence-corrected chi connectivity index (χ0v) is 13.6. The summed E-state index contributed by atoms with van der Waals surface area (Å²) in [6.45, 7) is 4.23. The Hall–Kier alpha value is -1.21. The van der Waals surface area contributed by atoms with Crippen molar-refractivity contribution in [3.63, 3.8) is 0 Å². The topological polar surface area (TPSA) is 53.0 Å². The number of rotatable bonds is 3. The molecular formula is C16H20ClFN2O3. The fourth-order valence-corrected chi connectivity index (χ4v) is 3.33. The van der Waals surface area contributed by atoms with Gasteiger partial charge < -0.3 is 14.7 Å². The van der Waals surface area contributed by atoms with Crippen LogP contribution in [-0.2, 0) is 4.74 Å². The van der Waals surface area contributed by atoms with Crippen LogP contribution in [0, 0.1) is 5.82 Å². The molecular weight excluding hydrogens is 323 g/mol. The van der Waals surface area contributed by atoms with E-state index < -0.39 is 11.4 Å². The molecule has 1 aromatic rings. The highest BCUT2D eigenvalue weighted by Gasteiger charge is 2.39. The number of amides is 1. The Morgan fingerprint density at radius 1 is 1.35 bits per heavy atom. The minimum atomic E-state index is -0.906. The Morgan fingerprint density at radius 3 is 2.78 bits per heavy atom. The minimum Gasteiger partial charge on any atom is -0.387 e. The first-order chi connectivity index (χ1) is 11.0. The zero-order chi connectivity index (χ0) is 16.4. The van der Waals surface area contributed by atoms with Crippen molar-refractivity contribution in [1.29, 1.82) is 0 Å². The summed E-state index contributed by atoms with van der Waals surface area (Å²) in [5.41, 5.74) is -0.566. The van der Waals surface area contributed by atoms with Crippen molar-refractivity contribution in [3.8, 4) is 0 Å². The van der Waals surface area contributed by atoms with E-state index in [0.717, 1.165) is 13.1 Å². The van der Waals surface area contributed by atoms with Crippen LogP contribution in [0.3, 0.4) is 0 Å². The molecule has 3 rings (SSSR count). The highest BCUT2D eigenvalue weighted by atomic mass is 35.5. The normalized spacial score (nSPS) is 25.8. The third-order valence-electron chi connectivity index (χ3n) is 4.41. The quantitative estimate of drug-likeness (QED) is 0.902. The van der Waals surface area contributed by atoms with Crippen molar-refractivity contribution in [2.75, 3.05) is 45.9 Å². The van der Waals surface area contributed by atoms with Gasteiger partial charge in [0.25, 0.3) is 5.91 Å². The Morgan fingerprint density at radius 2 is 2.09 bits per heavy atom. The molecule has 0 unspecified atom stereocenters. The Kier molecular flexibility index (Phi) is 4.87. The van der Waals surface area contributed by atoms with Gasteiger partial charge in [-0.2, -0.15) is 0 Å². The molecule has 0 bridgehead atoms. The molecule has 1 atom stereocenters. The summed E-state index contributed by atoms with van der Waals surface area (Å²) >= 11 is 5.74. The number of likely N-dealkylation sites (tertiary alicyclic amines) is 1. The number of benzene rings is 1. The predicted octanol–water partition coefficient (Wildman–Crippen LogP) is 1.39. The van der Waals surface area contributed by atoms with Crippen LogP contribution in [0.1, 0.15) is 16.8 Å². The average molecular weight is 343 g/mol. The second kappa shape index (κ2) is 6.73. The molecule has 2 aliphatic rings. The number of β-amino-alcohol motifs (C(OH)–C–C–N with tert-alkyl or cyclic N) is 1. The average Bonchev–Trinajstić information content (AvgIpc) is 2.92. The zero-order valence-electron chi connectivity index (χ0n) is 12.8. The van der Waals surface area contributed by atoms with E-state index in [1.807, 2.05) is 0 Å². The molecule has 1 N–H and O–H groups in total. The van der Waals surface area contributed by atoms with Gasteiger partial charge in [0.2, 0.25) is 0 Å². The molecule has 7 heteroatoms. The molecule has 2 fully saturated rings. The first kappa shape index (κ1) is 16.6. The molecule has 5 nitrogen and oxygen atoms in total. The van der Waals surface area contributed by atoms with Crippen molar-refractivity contribution >= 4 is 17.5 Å². The molecule has 0 aliphatic carbocycles. The van der Waals surface area contributed by atoms with Crippen molar-refractivity contribution in [3.05, 3.63) is 34.6 Å². The van der Waals surface area contributed by atoms with E-state index in [-0.39, 0.29) is 17.5 Å². The van der Waals surface area contributed by atoms with Crippen LogP contribution in [0.2, 0.25) is 5.02 Å². The molecule has 2 aliphatic heterocycles. The lowest BCUT2D eigenvalue weighted by molar-refractivity contribution is -0.0257. The third-order valence-corrected chi connectivity index (χ3v) is 4.70. The summed E-state index contributed by atoms with van der Waals surface area (Å²) in [4.78, 5) is 16.3. The van der Waals surface area contributed by atoms with Crippen LogP contribution >= 0.6 is 11.6 Å². The second-order valence-corrected chi connectivity index (χ2v) is 6.63. The molecule has 23 heavy (non-hydrogen) atoms. The summed E-state index contributed by atoms with van der Waals surface area (Å²) in [5.74, 6) is -0.779. The summed E-state index contributed by atoms with van der Waals surface area (Å²) < 4.78 is 18.5. The number of aliphatic hydroxyl groups is 1. The lowest BCUT2D eigenvalue weighted by Gasteiger charge is -2.33. The fraction of sp³-hybridized carbons (Fsp3) is 0.562. The van der Waals surface area contributed by atoms with Gasteiger partial charge >= 0.3 is 0 Å². The predicted molar refractivity (Wildman–Crippen MR) is 84.1 cm³/mol. The van der Waals surface area contributed by atoms with Gasteiger partial charge in [-0.1, -0.05) is 11.6 Å². The Balaban J connectivity index is 1.63. The second-order valence-electron chi connectivity index (χ2n) is 6.22. The number of hydrogen-bond acceptors (Lipinski definition) is 4. The molecule has 126 valence electrons. The molecule has 2 saturated heterocycles. The molecule has 2 heterocycles. The maximum absolute atomic E-state index is 13.2. The number of nitrogens with zero attached hydrogens (tertiary/aromatic N) is 2. The minimum absolute atomic E-state index is 0.0707. The van der Waals surface area contributed by atoms with Crippen molar-refractivity contribution in [2.24, 2.45) is 0 Å². The Labute approximate surface area is 139 Å². The first-order valence-corrected chi connectivity index (χ1v) is 8.11. The van der Waals surface area contributed by atoms with Crippen LogP contribution in [0.15, 0.2) is 18.2 Å². The van der Waals surface area contributed by atoms with Gasteiger partial charge in [0.1, 0.15) is 5.82 Å². The largest absolute Gasteiger partial charge is 0.387 e. The van der Waals surface area contributed by atoms with Gasteiger partial charge in [-0.25, -0.2) is 4.39 Å². The highest BCUT2D eigenvalue weighted by molar-refractivity contribution is 6.31.